The van der Waals surface area contributed by atoms with Gasteiger partial charge in [0.25, 0.3) is 0 Å². The predicted molar refractivity (Wildman–Crippen MR) is 53.3 cm³/mol. The Hall–Kier alpha value is -0.650. The van der Waals surface area contributed by atoms with Crippen LogP contribution in [0, 0.1) is 0 Å². The molecule has 0 aliphatic rings. The van der Waals surface area contributed by atoms with E-state index in [0.29, 0.717) is 0 Å². The summed E-state index contributed by atoms with van der Waals surface area (Å²) < 4.78 is 0.852. The van der Waals surface area contributed by atoms with E-state index in [2.05, 4.69) is 27.6 Å². The highest BCUT2D eigenvalue weighted by Gasteiger charge is 1.99. The van der Waals surface area contributed by atoms with Crippen molar-refractivity contribution in [2.24, 2.45) is 0 Å². The molecule has 1 aromatic heterocycles. The molecule has 0 saturated heterocycles. The number of halogens is 1. The highest BCUT2D eigenvalue weighted by atomic mass is 127. The van der Waals surface area contributed by atoms with E-state index >= 15 is 0 Å². The third-order valence-electron chi connectivity index (χ3n) is 1.38. The molecular weight excluding hydrogens is 269 g/mol. The summed E-state index contributed by atoms with van der Waals surface area (Å²) in [5.74, 6) is -0.820. The number of aliphatic carboxylic acids is 1. The number of hydrogen-bond acceptors (Lipinski definition) is 2. The fourth-order valence-electron chi connectivity index (χ4n) is 0.813. The molecule has 0 unspecified atom stereocenters. The predicted octanol–water partition coefficient (Wildman–Crippen LogP) is 1.64. The molecule has 0 aromatic carbocycles. The van der Waals surface area contributed by atoms with E-state index in [1.807, 2.05) is 6.07 Å². The Morgan fingerprint density at radius 3 is 2.75 bits per heavy atom. The van der Waals surface area contributed by atoms with Gasteiger partial charge in [0.2, 0.25) is 0 Å². The normalized spacial score (nSPS) is 9.75. The first-order valence-electron chi connectivity index (χ1n) is 3.44. The van der Waals surface area contributed by atoms with Gasteiger partial charge >= 0.3 is 5.97 Å². The number of nitrogens with zero attached hydrogens (tertiary/aromatic N) is 1. The Balaban J connectivity index is 2.71. The number of hydrogen-bond donors (Lipinski definition) is 1. The van der Waals surface area contributed by atoms with Crippen LogP contribution in [0.5, 0.6) is 0 Å². The van der Waals surface area contributed by atoms with Gasteiger partial charge < -0.3 is 5.11 Å². The summed E-state index contributed by atoms with van der Waals surface area (Å²) >= 11 is 2.21. The molecule has 0 aliphatic heterocycles. The van der Waals surface area contributed by atoms with Crippen molar-refractivity contribution < 1.29 is 9.90 Å². The lowest BCUT2D eigenvalue weighted by molar-refractivity contribution is -0.136. The molecule has 0 fully saturated rings. The van der Waals surface area contributed by atoms with Gasteiger partial charge in [-0.05, 0) is 11.6 Å². The van der Waals surface area contributed by atoms with Gasteiger partial charge in [0.1, 0.15) is 0 Å². The summed E-state index contributed by atoms with van der Waals surface area (Å²) in [6.07, 6.45) is 1.66. The summed E-state index contributed by atoms with van der Waals surface area (Å²) in [4.78, 5) is 14.4. The zero-order valence-corrected chi connectivity index (χ0v) is 8.48. The van der Waals surface area contributed by atoms with Gasteiger partial charge in [-0.3, -0.25) is 9.78 Å². The molecule has 4 heteroatoms. The zero-order valence-electron chi connectivity index (χ0n) is 6.33. The molecule has 1 heterocycles. The lowest BCUT2D eigenvalue weighted by atomic mass is 10.2. The van der Waals surface area contributed by atoms with Crippen molar-refractivity contribution in [1.29, 1.82) is 0 Å². The third-order valence-corrected chi connectivity index (χ3v) is 2.16. The Morgan fingerprint density at radius 2 is 2.33 bits per heavy atom. The topological polar surface area (TPSA) is 50.2 Å². The van der Waals surface area contributed by atoms with Crippen LogP contribution < -0.4 is 0 Å². The molecule has 0 radical (unpaired) electrons. The summed E-state index contributed by atoms with van der Waals surface area (Å²) in [7, 11) is 0. The molecule has 0 amide bonds. The van der Waals surface area contributed by atoms with E-state index in [4.69, 9.17) is 5.11 Å². The minimum Gasteiger partial charge on any atom is -0.481 e. The van der Waals surface area contributed by atoms with Crippen molar-refractivity contribution in [3.05, 3.63) is 29.6 Å². The Kier molecular flexibility index (Phi) is 3.46. The second kappa shape index (κ2) is 4.39. The molecule has 1 aromatic rings. The maximum atomic E-state index is 10.3. The van der Waals surface area contributed by atoms with Gasteiger partial charge in [-0.2, -0.15) is 0 Å². The lowest BCUT2D eigenvalue weighted by Gasteiger charge is -1.97. The van der Waals surface area contributed by atoms with Crippen LogP contribution in [-0.4, -0.2) is 16.1 Å². The van der Waals surface area contributed by atoms with Gasteiger partial charge in [-0.15, -0.1) is 0 Å². The molecule has 0 bridgehead atoms. The van der Waals surface area contributed by atoms with Crippen LogP contribution in [-0.2, 0) is 15.6 Å². The van der Waals surface area contributed by atoms with Crippen LogP contribution in [0.25, 0.3) is 0 Å². The number of carboxylic acids is 1. The molecule has 64 valence electrons. The minimum atomic E-state index is -0.820. The Bertz CT molecular complexity index is 271. The molecule has 0 aliphatic carbocycles. The summed E-state index contributed by atoms with van der Waals surface area (Å²) in [6.45, 7) is 0. The number of carbonyl (C=O) groups is 1. The van der Waals surface area contributed by atoms with Crippen LogP contribution in [0.4, 0.5) is 0 Å². The standard InChI is InChI=1S/C8H8INO2/c9-4-7-2-1-6(5-10-7)3-8(11)12/h1-2,5H,3-4H2,(H,11,12). The van der Waals surface area contributed by atoms with Crippen molar-refractivity contribution in [3.8, 4) is 0 Å². The molecule has 1 N–H and O–H groups in total. The van der Waals surface area contributed by atoms with Crippen molar-refractivity contribution in [1.82, 2.24) is 4.98 Å². The molecule has 0 saturated carbocycles. The first-order valence-corrected chi connectivity index (χ1v) is 4.96. The van der Waals surface area contributed by atoms with Gasteiger partial charge in [0.15, 0.2) is 0 Å². The number of carboxylic acid groups (broad SMARTS) is 1. The summed E-state index contributed by atoms with van der Waals surface area (Å²) in [5.41, 5.74) is 1.72. The van der Waals surface area contributed by atoms with Gasteiger partial charge in [0.05, 0.1) is 12.1 Å². The van der Waals surface area contributed by atoms with Crippen LogP contribution >= 0.6 is 22.6 Å². The summed E-state index contributed by atoms with van der Waals surface area (Å²) in [6, 6.07) is 3.65. The Morgan fingerprint density at radius 1 is 1.58 bits per heavy atom. The highest BCUT2D eigenvalue weighted by molar-refractivity contribution is 14.1. The fraction of sp³-hybridized carbons (Fsp3) is 0.250. The monoisotopic (exact) mass is 277 g/mol. The Labute approximate surface area is 84.0 Å². The van der Waals surface area contributed by atoms with E-state index < -0.39 is 5.97 Å². The van der Waals surface area contributed by atoms with Crippen LogP contribution in [0.15, 0.2) is 18.3 Å². The second-order valence-electron chi connectivity index (χ2n) is 2.36. The molecule has 3 nitrogen and oxygen atoms in total. The van der Waals surface area contributed by atoms with Crippen LogP contribution in [0.3, 0.4) is 0 Å². The van der Waals surface area contributed by atoms with Crippen LogP contribution in [0.1, 0.15) is 11.3 Å². The first kappa shape index (κ1) is 9.44. The maximum absolute atomic E-state index is 10.3. The molecule has 1 rings (SSSR count). The lowest BCUT2D eigenvalue weighted by Crippen LogP contribution is -2.00. The quantitative estimate of drug-likeness (QED) is 0.675. The summed E-state index contributed by atoms with van der Waals surface area (Å²) in [5, 5.41) is 8.46. The third kappa shape index (κ3) is 2.77. The fourth-order valence-corrected chi connectivity index (χ4v) is 1.26. The molecular formula is C8H8INO2. The van der Waals surface area contributed by atoms with Crippen molar-refractivity contribution >= 4 is 28.6 Å². The van der Waals surface area contributed by atoms with E-state index in [1.165, 1.54) is 0 Å². The van der Waals surface area contributed by atoms with Crippen LogP contribution in [0.2, 0.25) is 0 Å². The van der Waals surface area contributed by atoms with E-state index in [-0.39, 0.29) is 6.42 Å². The van der Waals surface area contributed by atoms with Gasteiger partial charge in [0, 0.05) is 10.6 Å². The number of aromatic nitrogens is 1. The van der Waals surface area contributed by atoms with Gasteiger partial charge in [-0.25, -0.2) is 0 Å². The van der Waals surface area contributed by atoms with Gasteiger partial charge in [-0.1, -0.05) is 28.7 Å². The van der Waals surface area contributed by atoms with Crippen molar-refractivity contribution in [2.45, 2.75) is 10.8 Å². The molecule has 0 atom stereocenters. The van der Waals surface area contributed by atoms with E-state index in [0.717, 1.165) is 15.7 Å². The van der Waals surface area contributed by atoms with Crippen molar-refractivity contribution in [2.75, 3.05) is 0 Å². The molecule has 12 heavy (non-hydrogen) atoms. The van der Waals surface area contributed by atoms with Crippen molar-refractivity contribution in [3.63, 3.8) is 0 Å². The largest absolute Gasteiger partial charge is 0.481 e. The average Bonchev–Trinajstić information content (AvgIpc) is 2.05. The second-order valence-corrected chi connectivity index (χ2v) is 3.12. The molecule has 0 spiro atoms. The van der Waals surface area contributed by atoms with E-state index in [1.54, 1.807) is 12.3 Å². The maximum Gasteiger partial charge on any atom is 0.307 e. The number of pyridine rings is 1. The number of alkyl halides is 1. The highest BCUT2D eigenvalue weighted by Crippen LogP contribution is 2.04. The first-order chi connectivity index (χ1) is 5.72. The SMILES string of the molecule is O=C(O)Cc1ccc(CI)nc1. The average molecular weight is 277 g/mol. The number of rotatable bonds is 3. The minimum absolute atomic E-state index is 0.0501. The zero-order chi connectivity index (χ0) is 8.97. The smallest absolute Gasteiger partial charge is 0.307 e. The van der Waals surface area contributed by atoms with E-state index in [9.17, 15) is 4.79 Å².